The lowest BCUT2D eigenvalue weighted by Gasteiger charge is -2.40. The van der Waals surface area contributed by atoms with Gasteiger partial charge in [0.1, 0.15) is 0 Å². The lowest BCUT2D eigenvalue weighted by Crippen LogP contribution is -2.46. The number of ketones is 1. The zero-order chi connectivity index (χ0) is 20.0. The molecule has 0 unspecified atom stereocenters. The van der Waals surface area contributed by atoms with Crippen molar-refractivity contribution >= 4 is 23.3 Å². The molecule has 2 aliphatic heterocycles. The Morgan fingerprint density at radius 2 is 1.83 bits per heavy atom. The van der Waals surface area contributed by atoms with Crippen molar-refractivity contribution in [1.82, 2.24) is 9.80 Å². The summed E-state index contributed by atoms with van der Waals surface area (Å²) in [4.78, 5) is 30.7. The third-order valence-corrected chi connectivity index (χ3v) is 6.94. The molecule has 0 N–H and O–H groups in total. The SMILES string of the molecule is O=C1C[C@@H](C(=O)N2CCc3ccccc3[C@H]2CN2CCCC2)c2cc(Cl)ccc21. The van der Waals surface area contributed by atoms with Gasteiger partial charge < -0.3 is 9.80 Å². The number of nitrogens with zero attached hydrogens (tertiary/aromatic N) is 2. The largest absolute Gasteiger partial charge is 0.333 e. The van der Waals surface area contributed by atoms with Gasteiger partial charge in [-0.2, -0.15) is 0 Å². The summed E-state index contributed by atoms with van der Waals surface area (Å²) in [7, 11) is 0. The van der Waals surface area contributed by atoms with Crippen molar-refractivity contribution in [3.8, 4) is 0 Å². The minimum absolute atomic E-state index is 0.0449. The van der Waals surface area contributed by atoms with Gasteiger partial charge in [-0.25, -0.2) is 0 Å². The van der Waals surface area contributed by atoms with Crippen molar-refractivity contribution in [3.05, 3.63) is 69.7 Å². The predicted molar refractivity (Wildman–Crippen MR) is 113 cm³/mol. The topological polar surface area (TPSA) is 40.6 Å². The number of Topliss-reactive ketones (excluding diaryl/α,β-unsaturated/α-hetero) is 1. The molecule has 1 saturated heterocycles. The monoisotopic (exact) mass is 408 g/mol. The second-order valence-electron chi connectivity index (χ2n) is 8.42. The molecule has 2 aromatic carbocycles. The van der Waals surface area contributed by atoms with E-state index >= 15 is 0 Å². The number of carbonyl (C=O) groups excluding carboxylic acids is 2. The van der Waals surface area contributed by atoms with E-state index in [2.05, 4.69) is 29.2 Å². The molecule has 2 aromatic rings. The van der Waals surface area contributed by atoms with Gasteiger partial charge >= 0.3 is 0 Å². The third-order valence-electron chi connectivity index (χ3n) is 6.70. The van der Waals surface area contributed by atoms with Gasteiger partial charge in [-0.1, -0.05) is 35.9 Å². The minimum atomic E-state index is -0.414. The fraction of sp³-hybridized carbons (Fsp3) is 0.417. The van der Waals surface area contributed by atoms with E-state index in [-0.39, 0.29) is 24.2 Å². The maximum atomic E-state index is 13.7. The number of hydrogen-bond acceptors (Lipinski definition) is 3. The number of hydrogen-bond donors (Lipinski definition) is 0. The van der Waals surface area contributed by atoms with Gasteiger partial charge in [-0.15, -0.1) is 0 Å². The van der Waals surface area contributed by atoms with Crippen LogP contribution in [0.25, 0.3) is 0 Å². The Hall–Kier alpha value is -2.17. The normalized spacial score (nSPS) is 23.9. The molecule has 1 aliphatic carbocycles. The Bertz CT molecular complexity index is 967. The van der Waals surface area contributed by atoms with Crippen molar-refractivity contribution in [2.24, 2.45) is 0 Å². The molecule has 29 heavy (non-hydrogen) atoms. The lowest BCUT2D eigenvalue weighted by molar-refractivity contribution is -0.136. The smallest absolute Gasteiger partial charge is 0.231 e. The third kappa shape index (κ3) is 3.38. The summed E-state index contributed by atoms with van der Waals surface area (Å²) in [6, 6.07) is 13.8. The number of rotatable bonds is 3. The lowest BCUT2D eigenvalue weighted by atomic mass is 9.90. The van der Waals surface area contributed by atoms with E-state index in [1.165, 1.54) is 24.0 Å². The Morgan fingerprint density at radius 1 is 1.03 bits per heavy atom. The highest BCUT2D eigenvalue weighted by atomic mass is 35.5. The van der Waals surface area contributed by atoms with Crippen LogP contribution in [0.5, 0.6) is 0 Å². The van der Waals surface area contributed by atoms with Crippen LogP contribution in [0, 0.1) is 0 Å². The summed E-state index contributed by atoms with van der Waals surface area (Å²) in [5.41, 5.74) is 4.05. The highest BCUT2D eigenvalue weighted by Crippen LogP contribution is 2.39. The van der Waals surface area contributed by atoms with Gasteiger partial charge in [-0.3, -0.25) is 9.59 Å². The van der Waals surface area contributed by atoms with Gasteiger partial charge in [0.15, 0.2) is 5.78 Å². The van der Waals surface area contributed by atoms with Crippen molar-refractivity contribution < 1.29 is 9.59 Å². The Balaban J connectivity index is 1.48. The summed E-state index contributed by atoms with van der Waals surface area (Å²) in [5, 5.41) is 0.578. The standard InChI is InChI=1S/C24H25ClN2O2/c25-17-7-8-19-20(13-17)21(14-23(19)28)24(29)27-12-9-16-5-1-2-6-18(16)22(27)15-26-10-3-4-11-26/h1-2,5-8,13,21-22H,3-4,9-12,14-15H2/t21-,22-/m1/s1. The van der Waals surface area contributed by atoms with E-state index in [4.69, 9.17) is 11.6 Å². The first-order valence-corrected chi connectivity index (χ1v) is 10.9. The van der Waals surface area contributed by atoms with Crippen LogP contribution in [0.4, 0.5) is 0 Å². The van der Waals surface area contributed by atoms with Crippen LogP contribution in [-0.2, 0) is 11.2 Å². The zero-order valence-corrected chi connectivity index (χ0v) is 17.2. The molecule has 1 amide bonds. The predicted octanol–water partition coefficient (Wildman–Crippen LogP) is 4.23. The molecule has 5 heteroatoms. The zero-order valence-electron chi connectivity index (χ0n) is 16.4. The number of fused-ring (bicyclic) bond motifs is 2. The maximum absolute atomic E-state index is 13.7. The first kappa shape index (κ1) is 18.8. The molecule has 4 nitrogen and oxygen atoms in total. The Kier molecular flexibility index (Phi) is 4.92. The van der Waals surface area contributed by atoms with Crippen LogP contribution in [0.1, 0.15) is 58.3 Å². The van der Waals surface area contributed by atoms with Gasteiger partial charge in [0.2, 0.25) is 5.91 Å². The van der Waals surface area contributed by atoms with Crippen LogP contribution < -0.4 is 0 Å². The maximum Gasteiger partial charge on any atom is 0.231 e. The minimum Gasteiger partial charge on any atom is -0.333 e. The molecule has 0 radical (unpaired) electrons. The second-order valence-corrected chi connectivity index (χ2v) is 8.85. The molecule has 0 saturated carbocycles. The Morgan fingerprint density at radius 3 is 2.66 bits per heavy atom. The van der Waals surface area contributed by atoms with Gasteiger partial charge in [0, 0.05) is 30.1 Å². The molecule has 5 rings (SSSR count). The van der Waals surface area contributed by atoms with Crippen molar-refractivity contribution in [1.29, 1.82) is 0 Å². The van der Waals surface area contributed by atoms with Crippen molar-refractivity contribution in [3.63, 3.8) is 0 Å². The van der Waals surface area contributed by atoms with Gasteiger partial charge in [0.05, 0.1) is 12.0 Å². The molecule has 1 fully saturated rings. The van der Waals surface area contributed by atoms with E-state index in [0.29, 0.717) is 17.1 Å². The van der Waals surface area contributed by atoms with Crippen LogP contribution >= 0.6 is 11.6 Å². The fourth-order valence-electron chi connectivity index (χ4n) is 5.22. The van der Waals surface area contributed by atoms with E-state index in [9.17, 15) is 9.59 Å². The molecular weight excluding hydrogens is 384 g/mol. The summed E-state index contributed by atoms with van der Waals surface area (Å²) in [6.07, 6.45) is 3.57. The van der Waals surface area contributed by atoms with Crippen LogP contribution in [0.2, 0.25) is 5.02 Å². The molecule has 2 heterocycles. The van der Waals surface area contributed by atoms with Crippen molar-refractivity contribution in [2.45, 2.75) is 37.6 Å². The van der Waals surface area contributed by atoms with Gasteiger partial charge in [0.25, 0.3) is 0 Å². The van der Waals surface area contributed by atoms with E-state index in [1.807, 2.05) is 4.90 Å². The average molecular weight is 409 g/mol. The van der Waals surface area contributed by atoms with E-state index in [0.717, 1.165) is 31.6 Å². The number of benzene rings is 2. The summed E-state index contributed by atoms with van der Waals surface area (Å²) < 4.78 is 0. The molecular formula is C24H25ClN2O2. The summed E-state index contributed by atoms with van der Waals surface area (Å²) in [5.74, 6) is -0.302. The van der Waals surface area contributed by atoms with Crippen LogP contribution in [0.15, 0.2) is 42.5 Å². The quantitative estimate of drug-likeness (QED) is 0.763. The molecule has 2 atom stereocenters. The first-order chi connectivity index (χ1) is 14.1. The Labute approximate surface area is 176 Å². The molecule has 0 aromatic heterocycles. The number of likely N-dealkylation sites (tertiary alicyclic amines) is 1. The first-order valence-electron chi connectivity index (χ1n) is 10.5. The number of carbonyl (C=O) groups is 2. The highest BCUT2D eigenvalue weighted by molar-refractivity contribution is 6.31. The molecule has 3 aliphatic rings. The fourth-order valence-corrected chi connectivity index (χ4v) is 5.40. The number of amides is 1. The van der Waals surface area contributed by atoms with Crippen molar-refractivity contribution in [2.75, 3.05) is 26.2 Å². The van der Waals surface area contributed by atoms with Crippen LogP contribution in [0.3, 0.4) is 0 Å². The molecule has 0 bridgehead atoms. The average Bonchev–Trinajstić information content (AvgIpc) is 3.35. The van der Waals surface area contributed by atoms with Crippen LogP contribution in [-0.4, -0.2) is 47.7 Å². The number of halogens is 1. The van der Waals surface area contributed by atoms with E-state index < -0.39 is 5.92 Å². The van der Waals surface area contributed by atoms with Gasteiger partial charge in [-0.05, 0) is 67.2 Å². The summed E-state index contributed by atoms with van der Waals surface area (Å²) >= 11 is 6.19. The highest BCUT2D eigenvalue weighted by Gasteiger charge is 2.40. The second kappa shape index (κ2) is 7.58. The van der Waals surface area contributed by atoms with E-state index in [1.54, 1.807) is 18.2 Å². The molecule has 0 spiro atoms. The summed E-state index contributed by atoms with van der Waals surface area (Å²) in [6.45, 7) is 3.77. The molecule has 150 valence electrons.